The van der Waals surface area contributed by atoms with E-state index in [1.165, 1.54) is 0 Å². The minimum absolute atomic E-state index is 0.195. The summed E-state index contributed by atoms with van der Waals surface area (Å²) >= 11 is 0. The third-order valence-electron chi connectivity index (χ3n) is 3.49. The van der Waals surface area contributed by atoms with Gasteiger partial charge in [-0.15, -0.1) is 0 Å². The van der Waals surface area contributed by atoms with Crippen LogP contribution in [0, 0.1) is 11.3 Å². The Bertz CT molecular complexity index is 317. The van der Waals surface area contributed by atoms with Crippen molar-refractivity contribution in [2.75, 3.05) is 0 Å². The summed E-state index contributed by atoms with van der Waals surface area (Å²) in [5.41, 5.74) is 4.40. The summed E-state index contributed by atoms with van der Waals surface area (Å²) in [6, 6.07) is -0.862. The van der Waals surface area contributed by atoms with E-state index in [0.717, 1.165) is 0 Å². The maximum atomic E-state index is 12.2. The molecule has 0 saturated carbocycles. The molecule has 1 unspecified atom stereocenters. The number of nitrogens with one attached hydrogen (secondary N) is 1. The number of rotatable bonds is 6. The van der Waals surface area contributed by atoms with E-state index in [1.54, 1.807) is 27.7 Å². The topological polar surface area (TPSA) is 92.4 Å². The number of carbonyl (C=O) groups is 2. The summed E-state index contributed by atoms with van der Waals surface area (Å²) < 4.78 is 0. The second-order valence-corrected chi connectivity index (χ2v) is 6.34. The van der Waals surface area contributed by atoms with Crippen LogP contribution in [0.1, 0.15) is 48.0 Å². The predicted molar refractivity (Wildman–Crippen MR) is 71.1 cm³/mol. The first-order valence-electron chi connectivity index (χ1n) is 6.22. The average Bonchev–Trinajstić information content (AvgIpc) is 2.13. The van der Waals surface area contributed by atoms with Crippen molar-refractivity contribution in [2.24, 2.45) is 17.1 Å². The zero-order chi connectivity index (χ0) is 14.7. The fourth-order valence-corrected chi connectivity index (χ4v) is 1.32. The molecular weight excluding hydrogens is 232 g/mol. The normalized spacial score (nSPS) is 14.4. The molecule has 0 saturated heterocycles. The van der Waals surface area contributed by atoms with Crippen LogP contribution < -0.4 is 11.1 Å². The summed E-state index contributed by atoms with van der Waals surface area (Å²) in [7, 11) is 0. The van der Waals surface area contributed by atoms with Gasteiger partial charge in [-0.1, -0.05) is 13.8 Å². The molecule has 0 aliphatic heterocycles. The molecule has 0 rings (SSSR count). The molecule has 0 aromatic heterocycles. The van der Waals surface area contributed by atoms with Crippen molar-refractivity contribution in [2.45, 2.75) is 59.5 Å². The lowest BCUT2D eigenvalue weighted by atomic mass is 9.74. The number of carbonyl (C=O) groups excluding carboxylic acids is 1. The fraction of sp³-hybridized carbons (Fsp3) is 0.846. The summed E-state index contributed by atoms with van der Waals surface area (Å²) in [6.07, 6.45) is 0.405. The van der Waals surface area contributed by atoms with Gasteiger partial charge in [0, 0.05) is 5.54 Å². The Morgan fingerprint density at radius 3 is 1.94 bits per heavy atom. The van der Waals surface area contributed by atoms with Gasteiger partial charge >= 0.3 is 5.97 Å². The van der Waals surface area contributed by atoms with Crippen molar-refractivity contribution < 1.29 is 14.7 Å². The molecule has 1 amide bonds. The smallest absolute Gasteiger partial charge is 0.326 e. The van der Waals surface area contributed by atoms with Crippen molar-refractivity contribution in [3.8, 4) is 0 Å². The van der Waals surface area contributed by atoms with E-state index >= 15 is 0 Å². The van der Waals surface area contributed by atoms with Crippen molar-refractivity contribution in [1.82, 2.24) is 5.32 Å². The number of amides is 1. The number of nitrogens with two attached hydrogens (primary N) is 1. The standard InChI is InChI=1S/C13H26N2O3/c1-8(2)7-9(10(16)17)15-11(18)12(3,4)13(5,6)14/h8-9H,7,14H2,1-6H3,(H,15,18)(H,16,17). The van der Waals surface area contributed by atoms with Crippen LogP contribution in [0.4, 0.5) is 0 Å². The number of carboxylic acids is 1. The van der Waals surface area contributed by atoms with Gasteiger partial charge in [0.15, 0.2) is 0 Å². The van der Waals surface area contributed by atoms with E-state index < -0.39 is 23.0 Å². The van der Waals surface area contributed by atoms with Crippen LogP contribution in [-0.2, 0) is 9.59 Å². The van der Waals surface area contributed by atoms with Gasteiger partial charge in [-0.25, -0.2) is 4.79 Å². The fourth-order valence-electron chi connectivity index (χ4n) is 1.32. The third kappa shape index (κ3) is 4.29. The first kappa shape index (κ1) is 16.9. The zero-order valence-electron chi connectivity index (χ0n) is 12.2. The molecule has 0 aromatic rings. The van der Waals surface area contributed by atoms with Crippen molar-refractivity contribution in [3.05, 3.63) is 0 Å². The molecule has 0 aromatic carbocycles. The van der Waals surface area contributed by atoms with Crippen LogP contribution in [0.2, 0.25) is 0 Å². The molecule has 0 aliphatic rings. The summed E-state index contributed by atoms with van der Waals surface area (Å²) in [4.78, 5) is 23.3. The van der Waals surface area contributed by atoms with Crippen LogP contribution in [-0.4, -0.2) is 28.6 Å². The molecular formula is C13H26N2O3. The molecule has 0 radical (unpaired) electrons. The minimum atomic E-state index is -1.01. The number of hydrogen-bond donors (Lipinski definition) is 3. The summed E-state index contributed by atoms with van der Waals surface area (Å²) in [6.45, 7) is 10.8. The second-order valence-electron chi connectivity index (χ2n) is 6.34. The van der Waals surface area contributed by atoms with Crippen molar-refractivity contribution >= 4 is 11.9 Å². The van der Waals surface area contributed by atoms with Gasteiger partial charge in [0.25, 0.3) is 0 Å². The zero-order valence-corrected chi connectivity index (χ0v) is 12.2. The van der Waals surface area contributed by atoms with Crippen molar-refractivity contribution in [1.29, 1.82) is 0 Å². The Morgan fingerprint density at radius 1 is 1.22 bits per heavy atom. The van der Waals surface area contributed by atoms with E-state index in [4.69, 9.17) is 10.8 Å². The number of hydrogen-bond acceptors (Lipinski definition) is 3. The Labute approximate surface area is 109 Å². The first-order chi connectivity index (χ1) is 7.89. The van der Waals surface area contributed by atoms with Crippen molar-refractivity contribution in [3.63, 3.8) is 0 Å². The summed E-state index contributed by atoms with van der Waals surface area (Å²) in [5, 5.41) is 11.7. The molecule has 0 spiro atoms. The highest BCUT2D eigenvalue weighted by atomic mass is 16.4. The second kappa shape index (κ2) is 5.69. The molecule has 18 heavy (non-hydrogen) atoms. The highest BCUT2D eigenvalue weighted by molar-refractivity contribution is 5.87. The number of aliphatic carboxylic acids is 1. The van der Waals surface area contributed by atoms with Gasteiger partial charge in [-0.05, 0) is 40.0 Å². The molecule has 106 valence electrons. The first-order valence-corrected chi connectivity index (χ1v) is 6.22. The van der Waals surface area contributed by atoms with Gasteiger partial charge in [0.1, 0.15) is 6.04 Å². The quantitative estimate of drug-likeness (QED) is 0.671. The van der Waals surface area contributed by atoms with Gasteiger partial charge in [-0.3, -0.25) is 4.79 Å². The molecule has 5 nitrogen and oxygen atoms in total. The SMILES string of the molecule is CC(C)CC(NC(=O)C(C)(C)C(C)(C)N)C(=O)O. The molecule has 1 atom stereocenters. The predicted octanol–water partition coefficient (Wildman–Crippen LogP) is 1.37. The van der Waals surface area contributed by atoms with Gasteiger partial charge < -0.3 is 16.2 Å². The van der Waals surface area contributed by atoms with Gasteiger partial charge in [0.2, 0.25) is 5.91 Å². The van der Waals surface area contributed by atoms with E-state index in [0.29, 0.717) is 6.42 Å². The average molecular weight is 258 g/mol. The van der Waals surface area contributed by atoms with Crippen LogP contribution in [0.15, 0.2) is 0 Å². The Balaban J connectivity index is 4.86. The molecule has 0 fully saturated rings. The maximum Gasteiger partial charge on any atom is 0.326 e. The van der Waals surface area contributed by atoms with Gasteiger partial charge in [-0.2, -0.15) is 0 Å². The maximum absolute atomic E-state index is 12.2. The third-order valence-corrected chi connectivity index (χ3v) is 3.49. The monoisotopic (exact) mass is 258 g/mol. The summed E-state index contributed by atoms with van der Waals surface area (Å²) in [5.74, 6) is -1.15. The lowest BCUT2D eigenvalue weighted by Gasteiger charge is -2.37. The lowest BCUT2D eigenvalue weighted by molar-refractivity contribution is -0.144. The van der Waals surface area contributed by atoms with E-state index in [2.05, 4.69) is 5.32 Å². The van der Waals surface area contributed by atoms with Crippen LogP contribution >= 0.6 is 0 Å². The Morgan fingerprint density at radius 2 is 1.67 bits per heavy atom. The molecule has 0 bridgehead atoms. The van der Waals surface area contributed by atoms with E-state index in [-0.39, 0.29) is 11.8 Å². The lowest BCUT2D eigenvalue weighted by Crippen LogP contribution is -2.58. The minimum Gasteiger partial charge on any atom is -0.480 e. The highest BCUT2D eigenvalue weighted by Crippen LogP contribution is 2.28. The molecule has 0 aliphatic carbocycles. The van der Waals surface area contributed by atoms with Crippen LogP contribution in [0.3, 0.4) is 0 Å². The molecule has 0 heterocycles. The molecule has 5 heteroatoms. The molecule has 4 N–H and O–H groups in total. The van der Waals surface area contributed by atoms with Crippen LogP contribution in [0.25, 0.3) is 0 Å². The van der Waals surface area contributed by atoms with Gasteiger partial charge in [0.05, 0.1) is 5.41 Å². The van der Waals surface area contributed by atoms with E-state index in [1.807, 2.05) is 13.8 Å². The Kier molecular flexibility index (Phi) is 5.35. The Hall–Kier alpha value is -1.10. The largest absolute Gasteiger partial charge is 0.480 e. The number of carboxylic acid groups (broad SMARTS) is 1. The van der Waals surface area contributed by atoms with Crippen LogP contribution in [0.5, 0.6) is 0 Å². The van der Waals surface area contributed by atoms with E-state index in [9.17, 15) is 9.59 Å². The highest BCUT2D eigenvalue weighted by Gasteiger charge is 2.41.